The van der Waals surface area contributed by atoms with Crippen molar-refractivity contribution >= 4 is 35.8 Å². The van der Waals surface area contributed by atoms with Crippen molar-refractivity contribution < 1.29 is 4.79 Å². The fraction of sp³-hybridized carbons (Fsp3) is 0.636. The van der Waals surface area contributed by atoms with Gasteiger partial charge in [0, 0.05) is 32.1 Å². The van der Waals surface area contributed by atoms with Gasteiger partial charge in [-0.1, -0.05) is 50.5 Å². The molecule has 1 atom stereocenters. The Morgan fingerprint density at radius 2 is 1.96 bits per heavy atom. The summed E-state index contributed by atoms with van der Waals surface area (Å²) in [5, 5.41) is 6.87. The van der Waals surface area contributed by atoms with Gasteiger partial charge in [0.15, 0.2) is 5.96 Å². The van der Waals surface area contributed by atoms with Crippen molar-refractivity contribution in [3.05, 3.63) is 35.4 Å². The van der Waals surface area contributed by atoms with Crippen LogP contribution in [0.4, 0.5) is 0 Å². The Labute approximate surface area is 187 Å². The molecule has 0 aromatic heterocycles. The third kappa shape index (κ3) is 8.37. The van der Waals surface area contributed by atoms with Gasteiger partial charge in [0.2, 0.25) is 5.91 Å². The van der Waals surface area contributed by atoms with Gasteiger partial charge in [0.05, 0.1) is 6.54 Å². The molecule has 6 heteroatoms. The molecule has 0 radical (unpaired) electrons. The van der Waals surface area contributed by atoms with E-state index in [4.69, 9.17) is 4.99 Å². The number of nitrogens with zero attached hydrogens (tertiary/aromatic N) is 2. The highest BCUT2D eigenvalue weighted by Gasteiger charge is 2.20. The van der Waals surface area contributed by atoms with Crippen LogP contribution in [0.5, 0.6) is 0 Å². The molecule has 1 amide bonds. The van der Waals surface area contributed by atoms with Gasteiger partial charge in [0.25, 0.3) is 0 Å². The predicted octanol–water partition coefficient (Wildman–Crippen LogP) is 4.45. The molecule has 1 fully saturated rings. The van der Waals surface area contributed by atoms with Crippen LogP contribution < -0.4 is 10.6 Å². The summed E-state index contributed by atoms with van der Waals surface area (Å²) in [5.74, 6) is 1.14. The topological polar surface area (TPSA) is 56.7 Å². The van der Waals surface area contributed by atoms with Gasteiger partial charge in [-0.2, -0.15) is 0 Å². The minimum Gasteiger partial charge on any atom is -0.357 e. The van der Waals surface area contributed by atoms with Gasteiger partial charge in [-0.3, -0.25) is 4.79 Å². The average molecular weight is 500 g/mol. The number of carbonyl (C=O) groups is 1. The maximum atomic E-state index is 11.9. The van der Waals surface area contributed by atoms with Crippen molar-refractivity contribution in [2.24, 2.45) is 4.99 Å². The zero-order chi connectivity index (χ0) is 19.5. The van der Waals surface area contributed by atoms with Gasteiger partial charge in [0.1, 0.15) is 0 Å². The van der Waals surface area contributed by atoms with Gasteiger partial charge in [-0.15, -0.1) is 24.0 Å². The Morgan fingerprint density at radius 3 is 2.61 bits per heavy atom. The number of nitrogens with one attached hydrogen (secondary N) is 2. The van der Waals surface area contributed by atoms with E-state index in [2.05, 4.69) is 43.5 Å². The summed E-state index contributed by atoms with van der Waals surface area (Å²) in [6.07, 6.45) is 6.59. The van der Waals surface area contributed by atoms with Crippen molar-refractivity contribution in [1.82, 2.24) is 15.5 Å². The van der Waals surface area contributed by atoms with Gasteiger partial charge >= 0.3 is 0 Å². The van der Waals surface area contributed by atoms with E-state index in [1.54, 1.807) is 0 Å². The molecule has 1 unspecified atom stereocenters. The van der Waals surface area contributed by atoms with Crippen molar-refractivity contribution in [2.45, 2.75) is 78.4 Å². The highest BCUT2D eigenvalue weighted by molar-refractivity contribution is 14.0. The monoisotopic (exact) mass is 500 g/mol. The first-order valence-corrected chi connectivity index (χ1v) is 10.5. The number of hydrogen-bond donors (Lipinski definition) is 2. The summed E-state index contributed by atoms with van der Waals surface area (Å²) in [5.41, 5.74) is 2.39. The van der Waals surface area contributed by atoms with Crippen molar-refractivity contribution in [2.75, 3.05) is 13.1 Å². The summed E-state index contributed by atoms with van der Waals surface area (Å²) >= 11 is 0. The van der Waals surface area contributed by atoms with Gasteiger partial charge in [-0.25, -0.2) is 4.99 Å². The molecule has 1 aliphatic rings. The Morgan fingerprint density at radius 1 is 1.21 bits per heavy atom. The number of likely N-dealkylation sites (tertiary alicyclic amines) is 1. The summed E-state index contributed by atoms with van der Waals surface area (Å²) in [6, 6.07) is 8.74. The molecule has 1 heterocycles. The fourth-order valence-corrected chi connectivity index (χ4v) is 3.43. The average Bonchev–Trinajstić information content (AvgIpc) is 3.06. The van der Waals surface area contributed by atoms with Crippen molar-refractivity contribution in [3.8, 4) is 0 Å². The van der Waals surface area contributed by atoms with Crippen LogP contribution >= 0.6 is 24.0 Å². The first kappa shape index (κ1) is 24.7. The van der Waals surface area contributed by atoms with E-state index >= 15 is 0 Å². The molecule has 0 bridgehead atoms. The van der Waals surface area contributed by atoms with E-state index in [9.17, 15) is 4.79 Å². The maximum Gasteiger partial charge on any atom is 0.222 e. The molecule has 2 rings (SSSR count). The number of guanidine groups is 1. The molecule has 5 nitrogen and oxygen atoms in total. The molecule has 1 aromatic carbocycles. The third-order valence-corrected chi connectivity index (χ3v) is 5.03. The predicted molar refractivity (Wildman–Crippen MR) is 128 cm³/mol. The molecule has 1 saturated heterocycles. The second kappa shape index (κ2) is 13.8. The normalized spacial score (nSPS) is 15.3. The van der Waals surface area contributed by atoms with E-state index in [0.717, 1.165) is 31.9 Å². The Hall–Kier alpha value is -1.31. The van der Waals surface area contributed by atoms with Crippen LogP contribution in [0.3, 0.4) is 0 Å². The molecule has 2 N–H and O–H groups in total. The first-order valence-electron chi connectivity index (χ1n) is 10.5. The second-order valence-corrected chi connectivity index (χ2v) is 7.42. The van der Waals surface area contributed by atoms with Crippen LogP contribution in [-0.4, -0.2) is 35.9 Å². The summed E-state index contributed by atoms with van der Waals surface area (Å²) in [4.78, 5) is 18.7. The lowest BCUT2D eigenvalue weighted by Crippen LogP contribution is -2.42. The number of rotatable bonds is 10. The Kier molecular flexibility index (Phi) is 12.2. The zero-order valence-corrected chi connectivity index (χ0v) is 20.0. The number of amides is 1. The van der Waals surface area contributed by atoms with Crippen molar-refractivity contribution in [1.29, 1.82) is 0 Å². The molecule has 0 aliphatic carbocycles. The Balaban J connectivity index is 0.00000392. The van der Waals surface area contributed by atoms with E-state index in [1.807, 2.05) is 17.0 Å². The maximum absolute atomic E-state index is 11.9. The van der Waals surface area contributed by atoms with Crippen LogP contribution in [0.15, 0.2) is 29.3 Å². The first-order chi connectivity index (χ1) is 13.1. The van der Waals surface area contributed by atoms with E-state index in [0.29, 0.717) is 25.6 Å². The number of carbonyl (C=O) groups excluding carboxylic acids is 1. The van der Waals surface area contributed by atoms with Crippen LogP contribution in [0.1, 0.15) is 70.4 Å². The molecule has 158 valence electrons. The van der Waals surface area contributed by atoms with Crippen LogP contribution in [0, 0.1) is 0 Å². The lowest BCUT2D eigenvalue weighted by molar-refractivity contribution is -0.128. The number of unbranched alkanes of at least 4 members (excludes halogenated alkanes) is 2. The zero-order valence-electron chi connectivity index (χ0n) is 17.7. The number of halogens is 1. The molecule has 0 spiro atoms. The largest absolute Gasteiger partial charge is 0.357 e. The van der Waals surface area contributed by atoms with E-state index in [1.165, 1.54) is 30.4 Å². The lowest BCUT2D eigenvalue weighted by Gasteiger charge is -2.19. The van der Waals surface area contributed by atoms with E-state index in [-0.39, 0.29) is 29.9 Å². The minimum absolute atomic E-state index is 0. The summed E-state index contributed by atoms with van der Waals surface area (Å²) in [7, 11) is 0. The van der Waals surface area contributed by atoms with Crippen molar-refractivity contribution in [3.63, 3.8) is 0 Å². The van der Waals surface area contributed by atoms with Crippen LogP contribution in [0.2, 0.25) is 0 Å². The molecule has 1 aliphatic heterocycles. The summed E-state index contributed by atoms with van der Waals surface area (Å²) < 4.78 is 0. The number of hydrogen-bond acceptors (Lipinski definition) is 2. The Bertz CT molecular complexity index is 620. The highest BCUT2D eigenvalue weighted by Crippen LogP contribution is 2.17. The third-order valence-electron chi connectivity index (χ3n) is 5.03. The molecular formula is C22H37IN4O. The smallest absolute Gasteiger partial charge is 0.222 e. The van der Waals surface area contributed by atoms with Crippen LogP contribution in [-0.2, 0) is 17.9 Å². The number of benzene rings is 1. The van der Waals surface area contributed by atoms with E-state index < -0.39 is 0 Å². The quantitative estimate of drug-likeness (QED) is 0.216. The fourth-order valence-electron chi connectivity index (χ4n) is 3.43. The minimum atomic E-state index is 0. The second-order valence-electron chi connectivity index (χ2n) is 7.42. The molecule has 28 heavy (non-hydrogen) atoms. The standard InChI is InChI=1S/C22H36N4O.HI/c1-4-6-7-11-18(3)25-22(23-5-2)24-16-19-12-8-9-13-20(19)17-26-15-10-14-21(26)27;/h8-9,12-13,18H,4-7,10-11,14-17H2,1-3H3,(H2,23,24,25);1H. The SMILES string of the molecule is CCCCCC(C)NC(=NCc1ccccc1CN1CCCC1=O)NCC.I. The number of aliphatic imine (C=N–C) groups is 1. The van der Waals surface area contributed by atoms with Gasteiger partial charge in [-0.05, 0) is 37.8 Å². The summed E-state index contributed by atoms with van der Waals surface area (Å²) in [6.45, 7) is 9.57. The highest BCUT2D eigenvalue weighted by atomic mass is 127. The lowest BCUT2D eigenvalue weighted by atomic mass is 10.1. The van der Waals surface area contributed by atoms with Crippen LogP contribution in [0.25, 0.3) is 0 Å². The van der Waals surface area contributed by atoms with Gasteiger partial charge < -0.3 is 15.5 Å². The molecule has 0 saturated carbocycles. The molecular weight excluding hydrogens is 463 g/mol. The molecule has 1 aromatic rings.